The Bertz CT molecular complexity index is 618. The van der Waals surface area contributed by atoms with Crippen molar-refractivity contribution < 1.29 is 14.6 Å². The number of nitrogens with one attached hydrogen (secondary N) is 2. The van der Waals surface area contributed by atoms with Crippen LogP contribution in [-0.4, -0.2) is 51.9 Å². The van der Waals surface area contributed by atoms with Crippen LogP contribution >= 0.6 is 0 Å². The van der Waals surface area contributed by atoms with Crippen LogP contribution in [-0.2, 0) is 4.74 Å². The minimum absolute atomic E-state index is 0.0725. The lowest BCUT2D eigenvalue weighted by atomic mass is 9.93. The predicted molar refractivity (Wildman–Crippen MR) is 94.5 cm³/mol. The third-order valence-corrected chi connectivity index (χ3v) is 5.05. The highest BCUT2D eigenvalue weighted by Gasteiger charge is 2.29. The van der Waals surface area contributed by atoms with E-state index in [4.69, 9.17) is 10.5 Å². The van der Waals surface area contributed by atoms with Crippen molar-refractivity contribution in [1.29, 1.82) is 0 Å². The molecule has 0 radical (unpaired) electrons. The molecule has 3 rings (SSSR count). The van der Waals surface area contributed by atoms with Gasteiger partial charge >= 0.3 is 0 Å². The van der Waals surface area contributed by atoms with Crippen molar-refractivity contribution in [3.05, 3.63) is 11.8 Å². The largest absolute Gasteiger partial charge is 0.393 e. The smallest absolute Gasteiger partial charge is 0.254 e. The zero-order chi connectivity index (χ0) is 17.9. The van der Waals surface area contributed by atoms with Gasteiger partial charge in [-0.3, -0.25) is 4.79 Å². The molecule has 138 valence electrons. The molecule has 0 spiro atoms. The highest BCUT2D eigenvalue weighted by Crippen LogP contribution is 2.26. The average Bonchev–Trinajstić information content (AvgIpc) is 2.55. The minimum Gasteiger partial charge on any atom is -0.393 e. The molecule has 1 saturated carbocycles. The van der Waals surface area contributed by atoms with Crippen molar-refractivity contribution in [2.75, 3.05) is 23.8 Å². The summed E-state index contributed by atoms with van der Waals surface area (Å²) in [4.78, 5) is 20.5. The monoisotopic (exact) mass is 349 g/mol. The Kier molecular flexibility index (Phi) is 5.39. The Labute approximate surface area is 147 Å². The van der Waals surface area contributed by atoms with Crippen molar-refractivity contribution in [3.63, 3.8) is 0 Å². The number of hydrogen-bond donors (Lipinski definition) is 4. The Morgan fingerprint density at radius 1 is 1.40 bits per heavy atom. The van der Waals surface area contributed by atoms with Crippen LogP contribution in [0.25, 0.3) is 0 Å². The van der Waals surface area contributed by atoms with Crippen LogP contribution in [0.1, 0.15) is 55.8 Å². The Morgan fingerprint density at radius 3 is 2.84 bits per heavy atom. The molecule has 1 aliphatic carbocycles. The number of nitrogens with two attached hydrogens (primary N) is 1. The van der Waals surface area contributed by atoms with E-state index >= 15 is 0 Å². The number of amides is 1. The summed E-state index contributed by atoms with van der Waals surface area (Å²) >= 11 is 0. The zero-order valence-electron chi connectivity index (χ0n) is 14.6. The zero-order valence-corrected chi connectivity index (χ0v) is 14.6. The number of carbonyl (C=O) groups is 1. The SMILES string of the molecule is CC1(Nc2ncc(C(N)=O)c(NC3CCC[C@H](O)C3)n2)CCOCC1. The lowest BCUT2D eigenvalue weighted by molar-refractivity contribution is 0.0656. The summed E-state index contributed by atoms with van der Waals surface area (Å²) in [7, 11) is 0. The molecule has 2 aliphatic rings. The third kappa shape index (κ3) is 4.58. The molecule has 2 atom stereocenters. The molecule has 2 heterocycles. The van der Waals surface area contributed by atoms with Gasteiger partial charge in [-0.25, -0.2) is 4.98 Å². The van der Waals surface area contributed by atoms with Gasteiger partial charge in [0, 0.05) is 31.0 Å². The number of aromatic nitrogens is 2. The van der Waals surface area contributed by atoms with Crippen molar-refractivity contribution in [1.82, 2.24) is 9.97 Å². The molecule has 0 aromatic carbocycles. The highest BCUT2D eigenvalue weighted by atomic mass is 16.5. The molecule has 1 aromatic heterocycles. The van der Waals surface area contributed by atoms with Crippen LogP contribution in [0.15, 0.2) is 6.20 Å². The van der Waals surface area contributed by atoms with Gasteiger partial charge in [0.05, 0.1) is 11.7 Å². The third-order valence-electron chi connectivity index (χ3n) is 5.05. The van der Waals surface area contributed by atoms with E-state index in [9.17, 15) is 9.90 Å². The number of primary amides is 1. The molecular formula is C17H27N5O3. The van der Waals surface area contributed by atoms with E-state index in [2.05, 4.69) is 27.5 Å². The Hall–Kier alpha value is -1.93. The number of aliphatic hydroxyl groups is 1. The van der Waals surface area contributed by atoms with Crippen molar-refractivity contribution in [2.45, 2.75) is 63.1 Å². The molecule has 0 bridgehead atoms. The average molecular weight is 349 g/mol. The standard InChI is InChI=1S/C17H27N5O3/c1-17(5-7-25-8-6-17)22-16-19-10-13(14(18)24)15(21-16)20-11-3-2-4-12(23)9-11/h10-12,23H,2-9H2,1H3,(H2,18,24)(H2,19,20,21,22)/t11?,12-/m0/s1. The summed E-state index contributed by atoms with van der Waals surface area (Å²) in [5.74, 6) is 0.329. The molecule has 1 aromatic rings. The molecule has 1 unspecified atom stereocenters. The van der Waals surface area contributed by atoms with Crippen molar-refractivity contribution in [3.8, 4) is 0 Å². The molecule has 8 heteroatoms. The molecule has 8 nitrogen and oxygen atoms in total. The number of aliphatic hydroxyl groups excluding tert-OH is 1. The lowest BCUT2D eigenvalue weighted by Crippen LogP contribution is -2.41. The van der Waals surface area contributed by atoms with Crippen molar-refractivity contribution >= 4 is 17.7 Å². The summed E-state index contributed by atoms with van der Waals surface area (Å²) < 4.78 is 5.41. The Morgan fingerprint density at radius 2 is 2.16 bits per heavy atom. The second-order valence-electron chi connectivity index (χ2n) is 7.28. The van der Waals surface area contributed by atoms with Crippen LogP contribution in [0.2, 0.25) is 0 Å². The molecule has 25 heavy (non-hydrogen) atoms. The maximum atomic E-state index is 11.7. The quantitative estimate of drug-likeness (QED) is 0.631. The van der Waals surface area contributed by atoms with Crippen LogP contribution in [0.3, 0.4) is 0 Å². The van der Waals surface area contributed by atoms with Crippen LogP contribution in [0, 0.1) is 0 Å². The normalized spacial score (nSPS) is 26.0. The first-order chi connectivity index (χ1) is 12.0. The fourth-order valence-electron chi connectivity index (χ4n) is 3.44. The molecule has 1 saturated heterocycles. The number of carbonyl (C=O) groups excluding carboxylic acids is 1. The van der Waals surface area contributed by atoms with Gasteiger partial charge in [-0.05, 0) is 45.4 Å². The van der Waals surface area contributed by atoms with Crippen LogP contribution in [0.4, 0.5) is 11.8 Å². The Balaban J connectivity index is 1.78. The van der Waals surface area contributed by atoms with Crippen LogP contribution in [0.5, 0.6) is 0 Å². The van der Waals surface area contributed by atoms with Gasteiger partial charge < -0.3 is 26.2 Å². The number of anilines is 2. The van der Waals surface area contributed by atoms with Gasteiger partial charge in [0.1, 0.15) is 5.82 Å². The maximum absolute atomic E-state index is 11.7. The topological polar surface area (TPSA) is 122 Å². The van der Waals surface area contributed by atoms with Gasteiger partial charge in [0.25, 0.3) is 5.91 Å². The number of ether oxygens (including phenoxy) is 1. The van der Waals surface area contributed by atoms with E-state index < -0.39 is 5.91 Å². The van der Waals surface area contributed by atoms with E-state index in [0.29, 0.717) is 31.4 Å². The van der Waals surface area contributed by atoms with Crippen LogP contribution < -0.4 is 16.4 Å². The maximum Gasteiger partial charge on any atom is 0.254 e. The molecule has 1 amide bonds. The minimum atomic E-state index is -0.567. The van der Waals surface area contributed by atoms with E-state index in [0.717, 1.165) is 32.1 Å². The van der Waals surface area contributed by atoms with Gasteiger partial charge in [0.15, 0.2) is 0 Å². The first-order valence-corrected chi connectivity index (χ1v) is 8.92. The summed E-state index contributed by atoms with van der Waals surface area (Å²) in [6.45, 7) is 3.52. The summed E-state index contributed by atoms with van der Waals surface area (Å²) in [5.41, 5.74) is 5.59. The fourth-order valence-corrected chi connectivity index (χ4v) is 3.44. The van der Waals surface area contributed by atoms with Gasteiger partial charge in [-0.15, -0.1) is 0 Å². The number of hydrogen-bond acceptors (Lipinski definition) is 7. The summed E-state index contributed by atoms with van der Waals surface area (Å²) in [5, 5.41) is 16.5. The highest BCUT2D eigenvalue weighted by molar-refractivity contribution is 5.97. The second-order valence-corrected chi connectivity index (χ2v) is 7.28. The summed E-state index contributed by atoms with van der Waals surface area (Å²) in [6.07, 6.45) is 6.20. The molecule has 2 fully saturated rings. The first kappa shape index (κ1) is 17.9. The van der Waals surface area contributed by atoms with E-state index in [1.54, 1.807) is 0 Å². The fraction of sp³-hybridized carbons (Fsp3) is 0.706. The van der Waals surface area contributed by atoms with Gasteiger partial charge in [0.2, 0.25) is 5.95 Å². The summed E-state index contributed by atoms with van der Waals surface area (Å²) in [6, 6.07) is 0.0725. The predicted octanol–water partition coefficient (Wildman–Crippen LogP) is 1.27. The van der Waals surface area contributed by atoms with Gasteiger partial charge in [-0.1, -0.05) is 0 Å². The van der Waals surface area contributed by atoms with E-state index in [-0.39, 0.29) is 23.2 Å². The van der Waals surface area contributed by atoms with Gasteiger partial charge in [-0.2, -0.15) is 4.98 Å². The van der Waals surface area contributed by atoms with E-state index in [1.807, 2.05) is 0 Å². The first-order valence-electron chi connectivity index (χ1n) is 8.92. The molecule has 1 aliphatic heterocycles. The second kappa shape index (κ2) is 7.53. The van der Waals surface area contributed by atoms with Crippen molar-refractivity contribution in [2.24, 2.45) is 5.73 Å². The lowest BCUT2D eigenvalue weighted by Gasteiger charge is -2.34. The molecular weight excluding hydrogens is 322 g/mol. The van der Waals surface area contributed by atoms with E-state index in [1.165, 1.54) is 6.20 Å². The number of nitrogens with zero attached hydrogens (tertiary/aromatic N) is 2. The molecule has 5 N–H and O–H groups in total. The number of rotatable bonds is 5.